The van der Waals surface area contributed by atoms with Gasteiger partial charge in [-0.1, -0.05) is 0 Å². The molecule has 1 aromatic heterocycles. The number of amides is 1. The van der Waals surface area contributed by atoms with Crippen molar-refractivity contribution in [2.75, 3.05) is 13.7 Å². The molecule has 0 aliphatic heterocycles. The molecule has 14 heavy (non-hydrogen) atoms. The van der Waals surface area contributed by atoms with E-state index in [-0.39, 0.29) is 18.6 Å². The fraction of sp³-hybridized carbons (Fsp3) is 0.556. The number of carbonyl (C=O) groups excluding carboxylic acids is 1. The lowest BCUT2D eigenvalue weighted by Gasteiger charge is -2.21. The van der Waals surface area contributed by atoms with E-state index in [4.69, 9.17) is 5.11 Å². The van der Waals surface area contributed by atoms with Gasteiger partial charge in [0.25, 0.3) is 5.91 Å². The van der Waals surface area contributed by atoms with Crippen molar-refractivity contribution in [2.24, 2.45) is 7.05 Å². The highest BCUT2D eigenvalue weighted by atomic mass is 16.3. The van der Waals surface area contributed by atoms with E-state index in [1.54, 1.807) is 38.0 Å². The molecule has 1 rings (SSSR count). The van der Waals surface area contributed by atoms with Crippen LogP contribution in [0.25, 0.3) is 0 Å². The highest BCUT2D eigenvalue weighted by Gasteiger charge is 2.18. The van der Waals surface area contributed by atoms with Gasteiger partial charge in [0, 0.05) is 20.3 Å². The minimum Gasteiger partial charge on any atom is -0.394 e. The third-order valence-corrected chi connectivity index (χ3v) is 2.18. The fourth-order valence-corrected chi connectivity index (χ4v) is 1.03. The number of aliphatic hydroxyl groups excluding tert-OH is 1. The monoisotopic (exact) mass is 197 g/mol. The molecular weight excluding hydrogens is 182 g/mol. The number of aryl methyl sites for hydroxylation is 1. The zero-order valence-corrected chi connectivity index (χ0v) is 8.64. The maximum atomic E-state index is 11.7. The van der Waals surface area contributed by atoms with Crippen molar-refractivity contribution in [2.45, 2.75) is 13.0 Å². The highest BCUT2D eigenvalue weighted by Crippen LogP contribution is 2.03. The maximum Gasteiger partial charge on any atom is 0.274 e. The summed E-state index contributed by atoms with van der Waals surface area (Å²) in [6.07, 6.45) is 1.71. The molecule has 0 fully saturated rings. The van der Waals surface area contributed by atoms with Gasteiger partial charge >= 0.3 is 0 Å². The maximum absolute atomic E-state index is 11.7. The van der Waals surface area contributed by atoms with Crippen molar-refractivity contribution in [1.29, 1.82) is 0 Å². The highest BCUT2D eigenvalue weighted by molar-refractivity contribution is 5.92. The largest absolute Gasteiger partial charge is 0.394 e. The molecule has 1 unspecified atom stereocenters. The molecule has 0 bridgehead atoms. The minimum atomic E-state index is -0.190. The molecule has 1 heterocycles. The van der Waals surface area contributed by atoms with E-state index >= 15 is 0 Å². The summed E-state index contributed by atoms with van der Waals surface area (Å²) in [6, 6.07) is 1.47. The Morgan fingerprint density at radius 1 is 1.79 bits per heavy atom. The molecule has 0 aliphatic rings. The average molecular weight is 197 g/mol. The summed E-state index contributed by atoms with van der Waals surface area (Å²) < 4.78 is 1.57. The number of nitrogens with zero attached hydrogens (tertiary/aromatic N) is 3. The molecule has 1 amide bonds. The first-order valence-electron chi connectivity index (χ1n) is 4.44. The van der Waals surface area contributed by atoms with Crippen LogP contribution in [0.15, 0.2) is 12.3 Å². The van der Waals surface area contributed by atoms with Crippen LogP contribution in [0.1, 0.15) is 17.4 Å². The summed E-state index contributed by atoms with van der Waals surface area (Å²) in [5.41, 5.74) is 0.398. The Bertz CT molecular complexity index is 322. The van der Waals surface area contributed by atoms with Crippen LogP contribution in [0.4, 0.5) is 0 Å². The Morgan fingerprint density at radius 2 is 2.43 bits per heavy atom. The zero-order chi connectivity index (χ0) is 10.7. The van der Waals surface area contributed by atoms with Crippen LogP contribution in [-0.4, -0.2) is 45.4 Å². The fourth-order valence-electron chi connectivity index (χ4n) is 1.03. The molecule has 0 saturated carbocycles. The lowest BCUT2D eigenvalue weighted by molar-refractivity contribution is 0.0675. The summed E-state index contributed by atoms with van der Waals surface area (Å²) in [6.45, 7) is 1.73. The first kappa shape index (κ1) is 10.7. The standard InChI is InChI=1S/C9H15N3O2/c1-7(6-13)12(3)9(14)8-4-5-11(2)10-8/h4-5,7,13H,6H2,1-3H3. The molecule has 5 nitrogen and oxygen atoms in total. The van der Waals surface area contributed by atoms with Crippen LogP contribution in [0.2, 0.25) is 0 Å². The van der Waals surface area contributed by atoms with E-state index in [2.05, 4.69) is 5.10 Å². The second-order valence-corrected chi connectivity index (χ2v) is 3.32. The van der Waals surface area contributed by atoms with Crippen molar-refractivity contribution in [3.8, 4) is 0 Å². The van der Waals surface area contributed by atoms with Crippen molar-refractivity contribution in [1.82, 2.24) is 14.7 Å². The number of hydrogen-bond donors (Lipinski definition) is 1. The number of aromatic nitrogens is 2. The molecule has 1 N–H and O–H groups in total. The third-order valence-electron chi connectivity index (χ3n) is 2.18. The van der Waals surface area contributed by atoms with Gasteiger partial charge in [-0.25, -0.2) is 0 Å². The van der Waals surface area contributed by atoms with E-state index in [0.717, 1.165) is 0 Å². The van der Waals surface area contributed by atoms with Crippen molar-refractivity contribution in [3.05, 3.63) is 18.0 Å². The van der Waals surface area contributed by atoms with Crippen LogP contribution >= 0.6 is 0 Å². The quantitative estimate of drug-likeness (QED) is 0.734. The molecule has 1 aromatic rings. The third kappa shape index (κ3) is 2.11. The van der Waals surface area contributed by atoms with Crippen LogP contribution in [0.3, 0.4) is 0 Å². The second kappa shape index (κ2) is 4.23. The number of rotatable bonds is 3. The van der Waals surface area contributed by atoms with Crippen LogP contribution in [0, 0.1) is 0 Å². The lowest BCUT2D eigenvalue weighted by Crippen LogP contribution is -2.37. The Morgan fingerprint density at radius 3 is 2.86 bits per heavy atom. The molecule has 0 saturated heterocycles. The summed E-state index contributed by atoms with van der Waals surface area (Å²) in [4.78, 5) is 13.2. The van der Waals surface area contributed by atoms with Crippen LogP contribution < -0.4 is 0 Å². The topological polar surface area (TPSA) is 58.4 Å². The summed E-state index contributed by atoms with van der Waals surface area (Å²) in [7, 11) is 3.41. The second-order valence-electron chi connectivity index (χ2n) is 3.32. The number of likely N-dealkylation sites (N-methyl/N-ethyl adjacent to an activating group) is 1. The SMILES string of the molecule is CC(CO)N(C)C(=O)c1ccn(C)n1. The van der Waals surface area contributed by atoms with Crippen LogP contribution in [0.5, 0.6) is 0 Å². The average Bonchev–Trinajstić information content (AvgIpc) is 2.61. The number of hydrogen-bond acceptors (Lipinski definition) is 3. The lowest BCUT2D eigenvalue weighted by atomic mass is 10.3. The number of carbonyl (C=O) groups is 1. The van der Waals surface area contributed by atoms with E-state index < -0.39 is 0 Å². The van der Waals surface area contributed by atoms with Crippen molar-refractivity contribution >= 4 is 5.91 Å². The normalized spacial score (nSPS) is 12.6. The van der Waals surface area contributed by atoms with Crippen LogP contribution in [-0.2, 0) is 7.05 Å². The van der Waals surface area contributed by atoms with E-state index in [0.29, 0.717) is 5.69 Å². The van der Waals surface area contributed by atoms with Crippen molar-refractivity contribution < 1.29 is 9.90 Å². The summed E-state index contributed by atoms with van der Waals surface area (Å²) in [5, 5.41) is 12.9. The van der Waals surface area contributed by atoms with E-state index in [1.165, 1.54) is 4.90 Å². The molecule has 1 atom stereocenters. The van der Waals surface area contributed by atoms with E-state index in [9.17, 15) is 4.79 Å². The smallest absolute Gasteiger partial charge is 0.274 e. The van der Waals surface area contributed by atoms with Gasteiger partial charge in [-0.15, -0.1) is 0 Å². The number of aliphatic hydroxyl groups is 1. The Balaban J connectivity index is 2.75. The van der Waals surface area contributed by atoms with E-state index in [1.807, 2.05) is 0 Å². The van der Waals surface area contributed by atoms with Gasteiger partial charge in [0.1, 0.15) is 5.69 Å². The molecular formula is C9H15N3O2. The Kier molecular flexibility index (Phi) is 3.24. The molecule has 78 valence electrons. The summed E-state index contributed by atoms with van der Waals surface area (Å²) in [5.74, 6) is -0.174. The predicted octanol–water partition coefficient (Wildman–Crippen LogP) is -0.127. The molecule has 0 aliphatic carbocycles. The van der Waals surface area contributed by atoms with Gasteiger partial charge in [0.2, 0.25) is 0 Å². The molecule has 0 radical (unpaired) electrons. The molecule has 5 heteroatoms. The van der Waals surface area contributed by atoms with Crippen molar-refractivity contribution in [3.63, 3.8) is 0 Å². The van der Waals surface area contributed by atoms with Gasteiger partial charge in [0.05, 0.1) is 12.6 Å². The molecule has 0 aromatic carbocycles. The minimum absolute atomic E-state index is 0.0466. The van der Waals surface area contributed by atoms with Gasteiger partial charge in [0.15, 0.2) is 0 Å². The first-order chi connectivity index (χ1) is 6.56. The van der Waals surface area contributed by atoms with Gasteiger partial charge in [-0.3, -0.25) is 9.48 Å². The zero-order valence-electron chi connectivity index (χ0n) is 8.64. The summed E-state index contributed by atoms with van der Waals surface area (Å²) >= 11 is 0. The first-order valence-corrected chi connectivity index (χ1v) is 4.44. The van der Waals surface area contributed by atoms with Gasteiger partial charge in [-0.05, 0) is 13.0 Å². The predicted molar refractivity (Wildman–Crippen MR) is 51.8 cm³/mol. The van der Waals surface area contributed by atoms with Gasteiger partial charge in [-0.2, -0.15) is 5.10 Å². The molecule has 0 spiro atoms. The Labute approximate surface area is 82.9 Å². The Hall–Kier alpha value is -1.36. The van der Waals surface area contributed by atoms with Gasteiger partial charge < -0.3 is 10.0 Å².